The van der Waals surface area contributed by atoms with Gasteiger partial charge in [0.2, 0.25) is 6.54 Å². The van der Waals surface area contributed by atoms with Crippen molar-refractivity contribution in [1.29, 1.82) is 0 Å². The van der Waals surface area contributed by atoms with E-state index in [1.54, 1.807) is 6.08 Å². The van der Waals surface area contributed by atoms with E-state index in [4.69, 9.17) is 0 Å². The second-order valence-electron chi connectivity index (χ2n) is 2.21. The first-order valence-electron chi connectivity index (χ1n) is 3.42. The van der Waals surface area contributed by atoms with Crippen LogP contribution in [0.4, 0.5) is 0 Å². The van der Waals surface area contributed by atoms with Crippen LogP contribution in [0.2, 0.25) is 0 Å². The molecule has 4 heteroatoms. The highest BCUT2D eigenvalue weighted by Gasteiger charge is 1.93. The van der Waals surface area contributed by atoms with Crippen LogP contribution in [-0.4, -0.2) is 17.3 Å². The topological polar surface area (TPSA) is 60.2 Å². The van der Waals surface area contributed by atoms with Gasteiger partial charge in [-0.05, 0) is 19.4 Å². The van der Waals surface area contributed by atoms with Gasteiger partial charge in [0.15, 0.2) is 5.78 Å². The normalized spacial score (nSPS) is 10.3. The molecule has 0 atom stereocenters. The van der Waals surface area contributed by atoms with Crippen LogP contribution in [0, 0.1) is 10.1 Å². The standard InChI is InChI=1S/C7H11NO3/c1-7(9)5-3-2-4-6-8(10)11/h3,5H,2,4,6H2,1H3/b5-3+. The molecule has 0 aromatic rings. The minimum Gasteiger partial charge on any atom is -0.295 e. The summed E-state index contributed by atoms with van der Waals surface area (Å²) in [7, 11) is 0. The molecule has 0 radical (unpaired) electrons. The summed E-state index contributed by atoms with van der Waals surface area (Å²) in [5, 5.41) is 9.81. The number of hydrogen-bond acceptors (Lipinski definition) is 3. The molecule has 0 aliphatic heterocycles. The lowest BCUT2D eigenvalue weighted by Crippen LogP contribution is -1.98. The molecule has 0 N–H and O–H groups in total. The summed E-state index contributed by atoms with van der Waals surface area (Å²) in [6.45, 7) is 1.42. The average molecular weight is 157 g/mol. The lowest BCUT2D eigenvalue weighted by atomic mass is 10.2. The van der Waals surface area contributed by atoms with E-state index in [1.165, 1.54) is 13.0 Å². The maximum absolute atomic E-state index is 10.3. The lowest BCUT2D eigenvalue weighted by Gasteiger charge is -1.87. The summed E-state index contributed by atoms with van der Waals surface area (Å²) in [5.41, 5.74) is 0. The van der Waals surface area contributed by atoms with Gasteiger partial charge in [0.25, 0.3) is 0 Å². The number of ketones is 1. The minimum atomic E-state index is -0.360. The van der Waals surface area contributed by atoms with Gasteiger partial charge in [-0.1, -0.05) is 6.08 Å². The predicted octanol–water partition coefficient (Wildman–Crippen LogP) is 1.19. The molecule has 0 saturated heterocycles. The zero-order valence-electron chi connectivity index (χ0n) is 6.45. The molecule has 0 saturated carbocycles. The highest BCUT2D eigenvalue weighted by Crippen LogP contribution is 1.91. The quantitative estimate of drug-likeness (QED) is 0.260. The van der Waals surface area contributed by atoms with E-state index in [2.05, 4.69) is 0 Å². The summed E-state index contributed by atoms with van der Waals surface area (Å²) in [6.07, 6.45) is 4.18. The predicted molar refractivity (Wildman–Crippen MR) is 40.9 cm³/mol. The molecular formula is C7H11NO3. The van der Waals surface area contributed by atoms with Crippen LogP contribution < -0.4 is 0 Å². The van der Waals surface area contributed by atoms with Gasteiger partial charge in [0.05, 0.1) is 0 Å². The van der Waals surface area contributed by atoms with E-state index in [0.717, 1.165) is 0 Å². The fraction of sp³-hybridized carbons (Fsp3) is 0.571. The molecule has 0 spiro atoms. The van der Waals surface area contributed by atoms with Crippen molar-refractivity contribution in [2.75, 3.05) is 6.54 Å². The zero-order valence-corrected chi connectivity index (χ0v) is 6.45. The summed E-state index contributed by atoms with van der Waals surface area (Å²) in [6, 6.07) is 0. The van der Waals surface area contributed by atoms with E-state index < -0.39 is 0 Å². The smallest absolute Gasteiger partial charge is 0.204 e. The molecule has 0 aliphatic carbocycles. The number of unbranched alkanes of at least 4 members (excludes halogenated alkanes) is 1. The van der Waals surface area contributed by atoms with Gasteiger partial charge >= 0.3 is 0 Å². The SMILES string of the molecule is CC(=O)/C=C/CCC[N+](=O)[O-]. The maximum atomic E-state index is 10.3. The fourth-order valence-corrected chi connectivity index (χ4v) is 0.588. The molecule has 0 unspecified atom stereocenters. The van der Waals surface area contributed by atoms with Crippen molar-refractivity contribution in [2.24, 2.45) is 0 Å². The average Bonchev–Trinajstić information content (AvgIpc) is 1.85. The monoisotopic (exact) mass is 157 g/mol. The Kier molecular flexibility index (Phi) is 4.98. The number of rotatable bonds is 5. The third-order valence-electron chi connectivity index (χ3n) is 1.06. The minimum absolute atomic E-state index is 0.0221. The van der Waals surface area contributed by atoms with Gasteiger partial charge in [-0.15, -0.1) is 0 Å². The number of nitrogens with zero attached hydrogens (tertiary/aromatic N) is 1. The van der Waals surface area contributed by atoms with Gasteiger partial charge in [-0.3, -0.25) is 14.9 Å². The van der Waals surface area contributed by atoms with E-state index in [-0.39, 0.29) is 17.3 Å². The van der Waals surface area contributed by atoms with Gasteiger partial charge in [-0.2, -0.15) is 0 Å². The first-order valence-corrected chi connectivity index (χ1v) is 3.42. The van der Waals surface area contributed by atoms with Crippen LogP contribution in [0.3, 0.4) is 0 Å². The van der Waals surface area contributed by atoms with Crippen LogP contribution in [0.1, 0.15) is 19.8 Å². The molecule has 0 aromatic heterocycles. The number of hydrogen-bond donors (Lipinski definition) is 0. The number of carbonyl (C=O) groups is 1. The Hall–Kier alpha value is -1.19. The Morgan fingerprint density at radius 2 is 2.27 bits per heavy atom. The van der Waals surface area contributed by atoms with Crippen molar-refractivity contribution in [3.05, 3.63) is 22.3 Å². The van der Waals surface area contributed by atoms with E-state index in [1.807, 2.05) is 0 Å². The van der Waals surface area contributed by atoms with Crippen LogP contribution in [0.5, 0.6) is 0 Å². The second-order valence-corrected chi connectivity index (χ2v) is 2.21. The molecule has 11 heavy (non-hydrogen) atoms. The Bertz CT molecular complexity index is 175. The molecule has 0 fully saturated rings. The Morgan fingerprint density at radius 1 is 1.64 bits per heavy atom. The Morgan fingerprint density at radius 3 is 2.73 bits per heavy atom. The van der Waals surface area contributed by atoms with Crippen molar-refractivity contribution in [1.82, 2.24) is 0 Å². The summed E-state index contributed by atoms with van der Waals surface area (Å²) < 4.78 is 0. The van der Waals surface area contributed by atoms with Crippen LogP contribution in [0.15, 0.2) is 12.2 Å². The number of nitro groups is 1. The van der Waals surface area contributed by atoms with Gasteiger partial charge in [0, 0.05) is 11.3 Å². The van der Waals surface area contributed by atoms with Crippen LogP contribution in [-0.2, 0) is 4.79 Å². The summed E-state index contributed by atoms with van der Waals surface area (Å²) in [5.74, 6) is -0.0221. The van der Waals surface area contributed by atoms with Crippen molar-refractivity contribution in [2.45, 2.75) is 19.8 Å². The molecule has 0 aromatic carbocycles. The zero-order chi connectivity index (χ0) is 8.69. The van der Waals surface area contributed by atoms with Crippen molar-refractivity contribution >= 4 is 5.78 Å². The van der Waals surface area contributed by atoms with Gasteiger partial charge in [0.1, 0.15) is 0 Å². The van der Waals surface area contributed by atoms with Crippen LogP contribution in [0.25, 0.3) is 0 Å². The van der Waals surface area contributed by atoms with Gasteiger partial charge in [-0.25, -0.2) is 0 Å². The second kappa shape index (κ2) is 5.58. The molecular weight excluding hydrogens is 146 g/mol. The molecule has 0 bridgehead atoms. The third kappa shape index (κ3) is 8.81. The number of allylic oxidation sites excluding steroid dienone is 2. The van der Waals surface area contributed by atoms with Crippen LogP contribution >= 0.6 is 0 Å². The summed E-state index contributed by atoms with van der Waals surface area (Å²) in [4.78, 5) is 19.8. The van der Waals surface area contributed by atoms with E-state index >= 15 is 0 Å². The lowest BCUT2D eigenvalue weighted by molar-refractivity contribution is -0.480. The molecule has 4 nitrogen and oxygen atoms in total. The Balaban J connectivity index is 3.27. The van der Waals surface area contributed by atoms with E-state index in [0.29, 0.717) is 12.8 Å². The molecule has 0 aliphatic rings. The third-order valence-corrected chi connectivity index (χ3v) is 1.06. The van der Waals surface area contributed by atoms with E-state index in [9.17, 15) is 14.9 Å². The largest absolute Gasteiger partial charge is 0.295 e. The first-order chi connectivity index (χ1) is 5.13. The highest BCUT2D eigenvalue weighted by atomic mass is 16.6. The molecule has 0 amide bonds. The maximum Gasteiger partial charge on any atom is 0.204 e. The van der Waals surface area contributed by atoms with Crippen molar-refractivity contribution in [3.63, 3.8) is 0 Å². The molecule has 62 valence electrons. The molecule has 0 heterocycles. The van der Waals surface area contributed by atoms with Gasteiger partial charge < -0.3 is 0 Å². The highest BCUT2D eigenvalue weighted by molar-refractivity contribution is 5.87. The fourth-order valence-electron chi connectivity index (χ4n) is 0.588. The first kappa shape index (κ1) is 9.81. The number of carbonyl (C=O) groups excluding carboxylic acids is 1. The van der Waals surface area contributed by atoms with Crippen molar-refractivity contribution in [3.8, 4) is 0 Å². The summed E-state index contributed by atoms with van der Waals surface area (Å²) >= 11 is 0. The van der Waals surface area contributed by atoms with Crippen molar-refractivity contribution < 1.29 is 9.72 Å². The molecule has 0 rings (SSSR count). The Labute approximate surface area is 65.1 Å².